The molecule has 1 unspecified atom stereocenters. The average molecular weight is 256 g/mol. The first-order valence-electron chi connectivity index (χ1n) is 6.88. The number of nitrogens with zero attached hydrogens (tertiary/aromatic N) is 1. The van der Waals surface area contributed by atoms with Gasteiger partial charge < -0.3 is 9.26 Å². The molecule has 2 aromatic rings. The van der Waals surface area contributed by atoms with Crippen molar-refractivity contribution < 1.29 is 9.26 Å². The molecule has 1 aliphatic carbocycles. The molecule has 99 valence electrons. The van der Waals surface area contributed by atoms with E-state index in [-0.39, 0.29) is 0 Å². The summed E-state index contributed by atoms with van der Waals surface area (Å²) in [7, 11) is 0. The second kappa shape index (κ2) is 5.91. The molecule has 1 fully saturated rings. The lowest BCUT2D eigenvalue weighted by molar-refractivity contribution is 0.263. The van der Waals surface area contributed by atoms with Gasteiger partial charge in [-0.2, -0.15) is 0 Å². The van der Waals surface area contributed by atoms with Crippen LogP contribution >= 0.6 is 0 Å². The summed E-state index contributed by atoms with van der Waals surface area (Å²) in [6.07, 6.45) is 7.22. The van der Waals surface area contributed by atoms with Crippen LogP contribution in [-0.2, 0) is 6.61 Å². The monoisotopic (exact) mass is 256 g/mol. The van der Waals surface area contributed by atoms with E-state index in [0.717, 1.165) is 17.7 Å². The number of aromatic nitrogens is 1. The van der Waals surface area contributed by atoms with Gasteiger partial charge in [0.05, 0.1) is 0 Å². The lowest BCUT2D eigenvalue weighted by Crippen LogP contribution is -2.03. The second-order valence-electron chi connectivity index (χ2n) is 4.97. The van der Waals surface area contributed by atoms with Crippen LogP contribution < -0.4 is 4.74 Å². The third-order valence-corrected chi connectivity index (χ3v) is 3.52. The molecule has 0 saturated heterocycles. The fourth-order valence-corrected chi connectivity index (χ4v) is 2.45. The Morgan fingerprint density at radius 1 is 1.21 bits per heavy atom. The molecule has 1 aromatic heterocycles. The molecule has 3 rings (SSSR count). The highest BCUT2D eigenvalue weighted by Gasteiger charge is 2.20. The quantitative estimate of drug-likeness (QED) is 0.825. The van der Waals surface area contributed by atoms with Gasteiger partial charge in [0, 0.05) is 12.0 Å². The largest absolute Gasteiger partial charge is 0.471 e. The molecule has 3 nitrogen and oxygen atoms in total. The van der Waals surface area contributed by atoms with Crippen LogP contribution in [-0.4, -0.2) is 5.16 Å². The summed E-state index contributed by atoms with van der Waals surface area (Å²) in [6, 6.07) is 12.0. The molecule has 19 heavy (non-hydrogen) atoms. The minimum absolute atomic E-state index is 0.412. The molecule has 3 heteroatoms. The first-order chi connectivity index (χ1) is 9.42. The van der Waals surface area contributed by atoms with Crippen LogP contribution in [0, 0.1) is 6.42 Å². The van der Waals surface area contributed by atoms with E-state index in [0.29, 0.717) is 18.4 Å². The molecule has 1 radical (unpaired) electrons. The van der Waals surface area contributed by atoms with Crippen LogP contribution in [0.25, 0.3) is 0 Å². The number of hydrogen-bond acceptors (Lipinski definition) is 3. The van der Waals surface area contributed by atoms with Crippen LogP contribution in [0.2, 0.25) is 0 Å². The molecule has 0 amide bonds. The van der Waals surface area contributed by atoms with Gasteiger partial charge in [0.15, 0.2) is 0 Å². The third kappa shape index (κ3) is 3.16. The molecule has 1 saturated carbocycles. The molecule has 0 bridgehead atoms. The summed E-state index contributed by atoms with van der Waals surface area (Å²) in [5.74, 6) is 1.93. The highest BCUT2D eigenvalue weighted by atomic mass is 16.5. The summed E-state index contributed by atoms with van der Waals surface area (Å²) in [5, 5.41) is 3.99. The van der Waals surface area contributed by atoms with Gasteiger partial charge >= 0.3 is 0 Å². The van der Waals surface area contributed by atoms with Gasteiger partial charge in [-0.25, -0.2) is 0 Å². The summed E-state index contributed by atoms with van der Waals surface area (Å²) >= 11 is 0. The Bertz CT molecular complexity index is 500. The van der Waals surface area contributed by atoms with Crippen LogP contribution in [0.4, 0.5) is 0 Å². The second-order valence-corrected chi connectivity index (χ2v) is 4.97. The van der Waals surface area contributed by atoms with E-state index < -0.39 is 0 Å². The Balaban J connectivity index is 1.58. The van der Waals surface area contributed by atoms with Crippen molar-refractivity contribution >= 4 is 0 Å². The van der Waals surface area contributed by atoms with Crippen LogP contribution in [0.3, 0.4) is 0 Å². The van der Waals surface area contributed by atoms with Crippen LogP contribution in [0.1, 0.15) is 42.9 Å². The van der Waals surface area contributed by atoms with Gasteiger partial charge in [0.1, 0.15) is 12.4 Å². The topological polar surface area (TPSA) is 35.3 Å². The maximum Gasteiger partial charge on any atom is 0.254 e. The van der Waals surface area contributed by atoms with E-state index in [4.69, 9.17) is 9.26 Å². The fourth-order valence-electron chi connectivity index (χ4n) is 2.45. The number of hydrogen-bond donors (Lipinski definition) is 0. The smallest absolute Gasteiger partial charge is 0.254 e. The molecule has 1 aliphatic rings. The van der Waals surface area contributed by atoms with E-state index >= 15 is 0 Å². The van der Waals surface area contributed by atoms with E-state index in [2.05, 4.69) is 11.6 Å². The Morgan fingerprint density at radius 2 is 2.11 bits per heavy atom. The zero-order chi connectivity index (χ0) is 12.9. The SMILES string of the molecule is [CH]1CCCCC1c1cc(OCc2ccccc2)no1. The Labute approximate surface area is 113 Å². The van der Waals surface area contributed by atoms with Crippen molar-refractivity contribution in [2.75, 3.05) is 0 Å². The number of ether oxygens (including phenoxy) is 1. The van der Waals surface area contributed by atoms with Crippen LogP contribution in [0.5, 0.6) is 5.88 Å². The molecule has 0 aliphatic heterocycles. The van der Waals surface area contributed by atoms with E-state index in [9.17, 15) is 0 Å². The number of rotatable bonds is 4. The minimum Gasteiger partial charge on any atom is -0.471 e. The van der Waals surface area contributed by atoms with Crippen molar-refractivity contribution in [3.05, 3.63) is 54.1 Å². The first-order valence-corrected chi connectivity index (χ1v) is 6.88. The van der Waals surface area contributed by atoms with Gasteiger partial charge in [0.25, 0.3) is 5.88 Å². The van der Waals surface area contributed by atoms with Crippen LogP contribution in [0.15, 0.2) is 40.9 Å². The van der Waals surface area contributed by atoms with E-state index in [1.807, 2.05) is 36.4 Å². The van der Waals surface area contributed by atoms with Crippen molar-refractivity contribution in [1.29, 1.82) is 0 Å². The summed E-state index contributed by atoms with van der Waals surface area (Å²) < 4.78 is 11.0. The molecule has 0 spiro atoms. The average Bonchev–Trinajstić information content (AvgIpc) is 2.96. The maximum atomic E-state index is 5.64. The van der Waals surface area contributed by atoms with Crippen molar-refractivity contribution in [3.8, 4) is 5.88 Å². The van der Waals surface area contributed by atoms with Gasteiger partial charge in [-0.1, -0.05) is 43.2 Å². The van der Waals surface area contributed by atoms with E-state index in [1.165, 1.54) is 19.3 Å². The Kier molecular flexibility index (Phi) is 3.82. The molecular formula is C16H18NO2. The summed E-state index contributed by atoms with van der Waals surface area (Å²) in [4.78, 5) is 0. The highest BCUT2D eigenvalue weighted by molar-refractivity contribution is 5.19. The fraction of sp³-hybridized carbons (Fsp3) is 0.375. The zero-order valence-corrected chi connectivity index (χ0v) is 10.9. The van der Waals surface area contributed by atoms with Gasteiger partial charge in [-0.15, -0.1) is 0 Å². The minimum atomic E-state index is 0.412. The predicted octanol–water partition coefficient (Wildman–Crippen LogP) is 4.12. The Morgan fingerprint density at radius 3 is 2.89 bits per heavy atom. The maximum absolute atomic E-state index is 5.64. The lowest BCUT2D eigenvalue weighted by atomic mass is 9.88. The van der Waals surface area contributed by atoms with Crippen molar-refractivity contribution in [3.63, 3.8) is 0 Å². The normalized spacial score (nSPS) is 16.4. The highest BCUT2D eigenvalue weighted by Crippen LogP contribution is 2.33. The van der Waals surface area contributed by atoms with Gasteiger partial charge in [-0.05, 0) is 30.0 Å². The third-order valence-electron chi connectivity index (χ3n) is 3.52. The summed E-state index contributed by atoms with van der Waals surface area (Å²) in [5.41, 5.74) is 1.14. The lowest BCUT2D eigenvalue weighted by Gasteiger charge is -2.17. The Hall–Kier alpha value is -1.77. The first kappa shape index (κ1) is 12.3. The van der Waals surface area contributed by atoms with Crippen molar-refractivity contribution in [2.45, 2.75) is 38.2 Å². The van der Waals surface area contributed by atoms with Crippen molar-refractivity contribution in [2.24, 2.45) is 0 Å². The zero-order valence-electron chi connectivity index (χ0n) is 10.9. The van der Waals surface area contributed by atoms with Gasteiger partial charge in [0.2, 0.25) is 0 Å². The van der Waals surface area contributed by atoms with E-state index in [1.54, 1.807) is 0 Å². The van der Waals surface area contributed by atoms with Crippen molar-refractivity contribution in [1.82, 2.24) is 5.16 Å². The molecule has 1 aromatic carbocycles. The predicted molar refractivity (Wildman–Crippen MR) is 72.8 cm³/mol. The molecule has 1 heterocycles. The standard InChI is InChI=1S/C16H18NO2/c1-3-7-13(8-4-1)12-18-16-11-15(19-17-16)14-9-5-2-6-10-14/h1,3-4,7-9,11,14H,2,5-6,10,12H2. The molecule has 0 N–H and O–H groups in total. The summed E-state index contributed by atoms with van der Waals surface area (Å²) in [6.45, 7) is 0.529. The van der Waals surface area contributed by atoms with Gasteiger partial charge in [-0.3, -0.25) is 0 Å². The number of benzene rings is 1. The molecular weight excluding hydrogens is 238 g/mol. The molecule has 1 atom stereocenters.